The van der Waals surface area contributed by atoms with Crippen LogP contribution in [0.25, 0.3) is 0 Å². The molecule has 15 heavy (non-hydrogen) atoms. The first-order valence-corrected chi connectivity index (χ1v) is 6.44. The summed E-state index contributed by atoms with van der Waals surface area (Å²) in [5, 5.41) is -0.635. The van der Waals surface area contributed by atoms with Crippen LogP contribution in [0, 0.1) is 0 Å². The van der Waals surface area contributed by atoms with E-state index in [-0.39, 0.29) is 11.5 Å². The Balaban J connectivity index is 2.77. The Hall–Kier alpha value is -0.780. The van der Waals surface area contributed by atoms with Crippen molar-refractivity contribution in [2.24, 2.45) is 0 Å². The summed E-state index contributed by atoms with van der Waals surface area (Å²) in [7, 11) is 1.37. The van der Waals surface area contributed by atoms with Gasteiger partial charge in [-0.2, -0.15) is 0 Å². The van der Waals surface area contributed by atoms with Crippen molar-refractivity contribution >= 4 is 36.6 Å². The van der Waals surface area contributed by atoms with Gasteiger partial charge in [0.2, 0.25) is 0 Å². The minimum Gasteiger partial charge on any atom is -0.484 e. The highest BCUT2D eigenvalue weighted by Crippen LogP contribution is 2.18. The molecule has 0 aromatic heterocycles. The second-order valence-corrected chi connectivity index (χ2v) is 5.54. The van der Waals surface area contributed by atoms with E-state index in [0.717, 1.165) is 0 Å². The van der Waals surface area contributed by atoms with E-state index in [1.807, 2.05) is 0 Å². The Labute approximate surface area is 96.2 Å². The van der Waals surface area contributed by atoms with Gasteiger partial charge in [-0.15, -0.1) is 0 Å². The molecule has 1 rings (SSSR count). The summed E-state index contributed by atoms with van der Waals surface area (Å²) in [5.41, 5.74) is 0. The van der Waals surface area contributed by atoms with E-state index in [2.05, 4.69) is 0 Å². The molecule has 0 radical (unpaired) electrons. The largest absolute Gasteiger partial charge is 0.484 e. The molecule has 0 atom stereocenters. The predicted molar refractivity (Wildman–Crippen MR) is 55.8 cm³/mol. The standard InChI is InChI=1S/C8H6Cl2O4S/c9-8(11)5-14-6-1-3-7(4-2-6)15(10,12)13/h1-4H,5H2. The van der Waals surface area contributed by atoms with Crippen LogP contribution in [-0.2, 0) is 13.8 Å². The van der Waals surface area contributed by atoms with Gasteiger partial charge >= 0.3 is 0 Å². The summed E-state index contributed by atoms with van der Waals surface area (Å²) in [5.74, 6) is 0.341. The van der Waals surface area contributed by atoms with E-state index < -0.39 is 14.3 Å². The van der Waals surface area contributed by atoms with Crippen molar-refractivity contribution in [1.82, 2.24) is 0 Å². The van der Waals surface area contributed by atoms with Crippen LogP contribution in [-0.4, -0.2) is 20.3 Å². The maximum atomic E-state index is 10.9. The van der Waals surface area contributed by atoms with Crippen molar-refractivity contribution in [3.8, 4) is 5.75 Å². The molecular weight excluding hydrogens is 263 g/mol. The van der Waals surface area contributed by atoms with Crippen LogP contribution >= 0.6 is 22.3 Å². The number of carbonyl (C=O) groups is 1. The van der Waals surface area contributed by atoms with E-state index in [1.54, 1.807) is 0 Å². The summed E-state index contributed by atoms with van der Waals surface area (Å²) in [6.45, 7) is -0.269. The molecule has 0 aliphatic rings. The highest BCUT2D eigenvalue weighted by molar-refractivity contribution is 8.13. The lowest BCUT2D eigenvalue weighted by atomic mass is 10.3. The van der Waals surface area contributed by atoms with Crippen molar-refractivity contribution in [1.29, 1.82) is 0 Å². The molecule has 0 unspecified atom stereocenters. The highest BCUT2D eigenvalue weighted by Gasteiger charge is 2.09. The Bertz CT molecular complexity index is 452. The summed E-state index contributed by atoms with van der Waals surface area (Å²) >= 11 is 5.05. The maximum Gasteiger partial charge on any atom is 0.261 e. The molecule has 0 aliphatic carbocycles. The number of hydrogen-bond acceptors (Lipinski definition) is 4. The molecule has 82 valence electrons. The lowest BCUT2D eigenvalue weighted by Crippen LogP contribution is -2.04. The quantitative estimate of drug-likeness (QED) is 0.781. The lowest BCUT2D eigenvalue weighted by molar-refractivity contribution is -0.113. The van der Waals surface area contributed by atoms with Crippen molar-refractivity contribution in [3.63, 3.8) is 0 Å². The molecule has 0 amide bonds. The van der Waals surface area contributed by atoms with E-state index in [9.17, 15) is 13.2 Å². The van der Waals surface area contributed by atoms with Gasteiger partial charge in [-0.25, -0.2) is 8.42 Å². The first kappa shape index (κ1) is 12.3. The summed E-state index contributed by atoms with van der Waals surface area (Å²) in [6, 6.07) is 5.32. The fourth-order valence-electron chi connectivity index (χ4n) is 0.838. The highest BCUT2D eigenvalue weighted by atomic mass is 35.7. The number of benzene rings is 1. The van der Waals surface area contributed by atoms with Crippen LogP contribution in [0.5, 0.6) is 5.75 Å². The maximum absolute atomic E-state index is 10.9. The zero-order valence-corrected chi connectivity index (χ0v) is 9.64. The third-order valence-corrected chi connectivity index (χ3v) is 2.94. The average molecular weight is 269 g/mol. The topological polar surface area (TPSA) is 60.4 Å². The van der Waals surface area contributed by atoms with Gasteiger partial charge in [0, 0.05) is 10.7 Å². The minimum atomic E-state index is -3.73. The Kier molecular flexibility index (Phi) is 3.96. The van der Waals surface area contributed by atoms with Crippen molar-refractivity contribution < 1.29 is 17.9 Å². The Morgan fingerprint density at radius 3 is 2.20 bits per heavy atom. The van der Waals surface area contributed by atoms with Crippen LogP contribution in [0.3, 0.4) is 0 Å². The molecule has 1 aromatic rings. The Morgan fingerprint density at radius 1 is 1.27 bits per heavy atom. The SMILES string of the molecule is O=C(Cl)COc1ccc(S(=O)(=O)Cl)cc1. The van der Waals surface area contributed by atoms with Gasteiger partial charge in [-0.1, -0.05) is 0 Å². The fraction of sp³-hybridized carbons (Fsp3) is 0.125. The molecule has 0 bridgehead atoms. The second kappa shape index (κ2) is 4.83. The summed E-state index contributed by atoms with van der Waals surface area (Å²) < 4.78 is 26.6. The van der Waals surface area contributed by atoms with Crippen LogP contribution < -0.4 is 4.74 Å². The third kappa shape index (κ3) is 4.07. The monoisotopic (exact) mass is 268 g/mol. The molecule has 0 spiro atoms. The summed E-state index contributed by atoms with van der Waals surface area (Å²) in [4.78, 5) is 10.3. The molecular formula is C8H6Cl2O4S. The van der Waals surface area contributed by atoms with Crippen molar-refractivity contribution in [3.05, 3.63) is 24.3 Å². The number of rotatable bonds is 4. The molecule has 0 aliphatic heterocycles. The van der Waals surface area contributed by atoms with Gasteiger partial charge < -0.3 is 4.74 Å². The number of hydrogen-bond donors (Lipinski definition) is 0. The predicted octanol–water partition coefficient (Wildman–Crippen LogP) is 1.76. The molecule has 0 N–H and O–H groups in total. The van der Waals surface area contributed by atoms with Gasteiger partial charge in [-0.3, -0.25) is 4.79 Å². The molecule has 0 saturated carbocycles. The first-order chi connectivity index (χ1) is 6.89. The third-order valence-electron chi connectivity index (χ3n) is 1.46. The van der Waals surface area contributed by atoms with Gasteiger partial charge in [0.25, 0.3) is 14.3 Å². The molecule has 7 heteroatoms. The zero-order chi connectivity index (χ0) is 11.5. The van der Waals surface area contributed by atoms with Gasteiger partial charge in [-0.05, 0) is 35.9 Å². The minimum absolute atomic E-state index is 0.0336. The van der Waals surface area contributed by atoms with Crippen LogP contribution in [0.15, 0.2) is 29.2 Å². The van der Waals surface area contributed by atoms with Gasteiger partial charge in [0.1, 0.15) is 5.75 Å². The van der Waals surface area contributed by atoms with E-state index in [1.165, 1.54) is 24.3 Å². The van der Waals surface area contributed by atoms with E-state index >= 15 is 0 Å². The van der Waals surface area contributed by atoms with Crippen LogP contribution in [0.4, 0.5) is 0 Å². The van der Waals surface area contributed by atoms with Crippen LogP contribution in [0.2, 0.25) is 0 Å². The van der Waals surface area contributed by atoms with Crippen LogP contribution in [0.1, 0.15) is 0 Å². The van der Waals surface area contributed by atoms with Gasteiger partial charge in [0.05, 0.1) is 4.90 Å². The molecule has 1 aromatic carbocycles. The number of halogens is 2. The van der Waals surface area contributed by atoms with Crippen molar-refractivity contribution in [2.45, 2.75) is 4.90 Å². The number of ether oxygens (including phenoxy) is 1. The molecule has 0 saturated heterocycles. The first-order valence-electron chi connectivity index (χ1n) is 3.75. The van der Waals surface area contributed by atoms with Gasteiger partial charge in [0.15, 0.2) is 6.61 Å². The van der Waals surface area contributed by atoms with Crippen molar-refractivity contribution in [2.75, 3.05) is 6.61 Å². The average Bonchev–Trinajstić information content (AvgIpc) is 2.14. The lowest BCUT2D eigenvalue weighted by Gasteiger charge is -2.02. The second-order valence-electron chi connectivity index (χ2n) is 2.55. The Morgan fingerprint density at radius 2 is 1.80 bits per heavy atom. The zero-order valence-electron chi connectivity index (χ0n) is 7.31. The molecule has 0 heterocycles. The normalized spacial score (nSPS) is 11.1. The molecule has 0 fully saturated rings. The fourth-order valence-corrected chi connectivity index (χ4v) is 1.66. The molecule has 4 nitrogen and oxygen atoms in total. The van der Waals surface area contributed by atoms with E-state index in [4.69, 9.17) is 27.0 Å². The smallest absolute Gasteiger partial charge is 0.261 e. The summed E-state index contributed by atoms with van der Waals surface area (Å²) in [6.07, 6.45) is 0. The number of carbonyl (C=O) groups excluding carboxylic acids is 1. The van der Waals surface area contributed by atoms with E-state index in [0.29, 0.717) is 5.75 Å².